The third kappa shape index (κ3) is 4.20. The molecule has 0 amide bonds. The van der Waals surface area contributed by atoms with Gasteiger partial charge in [0, 0.05) is 16.7 Å². The van der Waals surface area contributed by atoms with Crippen molar-refractivity contribution in [2.75, 3.05) is 6.61 Å². The quantitative estimate of drug-likeness (QED) is 0.279. The predicted octanol–water partition coefficient (Wildman–Crippen LogP) is -5.24. The number of allylic oxidation sites excluding steroid dienone is 4. The Labute approximate surface area is 242 Å². The molecule has 4 rings (SSSR count). The van der Waals surface area contributed by atoms with E-state index in [0.717, 1.165) is 0 Å². The molecule has 0 heterocycles. The Morgan fingerprint density at radius 2 is 1.91 bits per heavy atom. The van der Waals surface area contributed by atoms with Crippen molar-refractivity contribution in [2.45, 2.75) is 63.8 Å². The Kier molecular flexibility index (Phi) is 8.96. The van der Waals surface area contributed by atoms with Crippen LogP contribution in [0.4, 0.5) is 4.39 Å². The molecule has 0 aliphatic heterocycles. The summed E-state index contributed by atoms with van der Waals surface area (Å²) in [6.45, 7) is 3.80. The average molecular weight is 516 g/mol. The van der Waals surface area contributed by atoms with E-state index >= 15 is 4.39 Å². The van der Waals surface area contributed by atoms with E-state index in [-0.39, 0.29) is 77.7 Å². The second-order valence-corrected chi connectivity index (χ2v) is 11.5. The van der Waals surface area contributed by atoms with Crippen LogP contribution in [0.15, 0.2) is 23.8 Å². The molecule has 12 heteroatoms. The van der Waals surface area contributed by atoms with Gasteiger partial charge in [0.25, 0.3) is 0 Å². The minimum absolute atomic E-state index is 0. The monoisotopic (exact) mass is 516 g/mol. The van der Waals surface area contributed by atoms with Crippen molar-refractivity contribution in [2.24, 2.45) is 28.6 Å². The van der Waals surface area contributed by atoms with Gasteiger partial charge in [-0.2, -0.15) is 0 Å². The van der Waals surface area contributed by atoms with Crippen molar-refractivity contribution in [3.63, 3.8) is 0 Å². The second-order valence-electron chi connectivity index (χ2n) is 10.3. The number of hydrogen-bond donors (Lipinski definition) is 2. The summed E-state index contributed by atoms with van der Waals surface area (Å²) in [5.41, 5.74) is -6.03. The number of Topliss-reactive ketones (excluding diaryl/α,β-unsaturated/α-hetero) is 1. The maximum atomic E-state index is 17.0. The van der Waals surface area contributed by atoms with Gasteiger partial charge in [0.05, 0.1) is 13.9 Å². The third-order valence-electron chi connectivity index (χ3n) is 9.00. The first-order chi connectivity index (χ1) is 14.6. The maximum Gasteiger partial charge on any atom is 1.00 e. The minimum atomic E-state index is -5.43. The fourth-order valence-corrected chi connectivity index (χ4v) is 7.66. The third-order valence-corrected chi connectivity index (χ3v) is 9.45. The molecule has 0 radical (unpaired) electrons. The smallest absolute Gasteiger partial charge is 0.790 e. The number of carbonyl (C=O) groups excluding carboxylic acids is 2. The first kappa shape index (κ1) is 31.0. The van der Waals surface area contributed by atoms with Crippen LogP contribution in [0.1, 0.15) is 46.5 Å². The molecule has 4 aliphatic rings. The van der Waals surface area contributed by atoms with E-state index in [9.17, 15) is 34.2 Å². The molecule has 8 atom stereocenters. The Morgan fingerprint density at radius 3 is 2.50 bits per heavy atom. The van der Waals surface area contributed by atoms with Gasteiger partial charge in [-0.25, -0.2) is 4.39 Å². The molecule has 0 saturated heterocycles. The van der Waals surface area contributed by atoms with E-state index in [2.05, 4.69) is 4.52 Å². The van der Waals surface area contributed by atoms with Crippen LogP contribution in [0.3, 0.4) is 0 Å². The summed E-state index contributed by atoms with van der Waals surface area (Å²) in [4.78, 5) is 46.6. The number of phosphoric acid groups is 1. The van der Waals surface area contributed by atoms with Gasteiger partial charge in [0.2, 0.25) is 0 Å². The summed E-state index contributed by atoms with van der Waals surface area (Å²) in [6, 6.07) is 0. The van der Waals surface area contributed by atoms with Crippen LogP contribution < -0.4 is 68.9 Å². The average Bonchev–Trinajstić information content (AvgIpc) is 2.89. The largest absolute Gasteiger partial charge is 1.00 e. The van der Waals surface area contributed by atoms with Crippen molar-refractivity contribution in [3.05, 3.63) is 23.8 Å². The van der Waals surface area contributed by atoms with E-state index in [1.54, 1.807) is 20.8 Å². The van der Waals surface area contributed by atoms with Crippen LogP contribution in [0.25, 0.3) is 0 Å². The summed E-state index contributed by atoms with van der Waals surface area (Å²) in [6.07, 6.45) is 3.54. The van der Waals surface area contributed by atoms with Crippen LogP contribution >= 0.6 is 7.82 Å². The second kappa shape index (κ2) is 9.83. The van der Waals surface area contributed by atoms with E-state index < -0.39 is 66.2 Å². The van der Waals surface area contributed by atoms with E-state index in [1.807, 2.05) is 0 Å². The molecular formula is C22H28FNa2O8P. The zero-order valence-electron chi connectivity index (χ0n) is 20.2. The van der Waals surface area contributed by atoms with Gasteiger partial charge in [-0.1, -0.05) is 25.5 Å². The summed E-state index contributed by atoms with van der Waals surface area (Å²) < 4.78 is 32.0. The van der Waals surface area contributed by atoms with E-state index in [4.69, 9.17) is 0 Å². The molecule has 5 unspecified atom stereocenters. The van der Waals surface area contributed by atoms with Gasteiger partial charge in [0.15, 0.2) is 17.2 Å². The number of alkyl halides is 1. The molecule has 8 nitrogen and oxygen atoms in total. The van der Waals surface area contributed by atoms with Crippen LogP contribution in [0.5, 0.6) is 0 Å². The SMILES string of the molecule is C[C@@H]1CC2C3CCC4=CC(=O)C=CC4(C)[C@@]3(F)C(O)CC2(C)[C@@]1(O)C(=O)COP(=O)([O-])[O-].[Na+].[Na+]. The Morgan fingerprint density at radius 1 is 1.29 bits per heavy atom. The number of aliphatic hydroxyl groups excluding tert-OH is 1. The van der Waals surface area contributed by atoms with Crippen molar-refractivity contribution >= 4 is 19.4 Å². The first-order valence-electron chi connectivity index (χ1n) is 10.8. The zero-order valence-corrected chi connectivity index (χ0v) is 25.1. The predicted molar refractivity (Wildman–Crippen MR) is 106 cm³/mol. The van der Waals surface area contributed by atoms with Gasteiger partial charge < -0.3 is 29.1 Å². The van der Waals surface area contributed by atoms with Gasteiger partial charge in [0.1, 0.15) is 12.2 Å². The van der Waals surface area contributed by atoms with Crippen molar-refractivity contribution in [1.29, 1.82) is 0 Å². The van der Waals surface area contributed by atoms with Gasteiger partial charge in [-0.05, 0) is 56.6 Å². The topological polar surface area (TPSA) is 147 Å². The van der Waals surface area contributed by atoms with Gasteiger partial charge >= 0.3 is 59.1 Å². The van der Waals surface area contributed by atoms with Gasteiger partial charge in [-0.3, -0.25) is 9.59 Å². The number of phosphoric ester groups is 1. The van der Waals surface area contributed by atoms with Crippen LogP contribution in [0, 0.1) is 28.6 Å². The first-order valence-corrected chi connectivity index (χ1v) is 12.3. The molecule has 0 bridgehead atoms. The van der Waals surface area contributed by atoms with E-state index in [1.165, 1.54) is 18.2 Å². The molecule has 2 N–H and O–H groups in total. The molecule has 3 fully saturated rings. The number of carbonyl (C=O) groups is 2. The normalized spacial score (nSPS) is 45.2. The Balaban J connectivity index is 0.00000204. The number of aliphatic hydroxyl groups is 2. The molecule has 0 aromatic carbocycles. The standard InChI is InChI=1S/C22H30FO8P.2Na/c1-12-8-16-15-5-4-13-9-14(24)6-7-19(13,2)21(15,23)17(25)10-20(16,3)22(12,27)18(26)11-31-32(28,29)30;;/h6-7,9,12,15-17,25,27H,4-5,8,10-11H2,1-3H3,(H2,28,29,30);;/q;2*+1/p-2/t12-,15?,16?,17?,19?,20?,21+,22+;;/m1../s1. The summed E-state index contributed by atoms with van der Waals surface area (Å²) in [7, 11) is -5.43. The van der Waals surface area contributed by atoms with Crippen molar-refractivity contribution in [1.82, 2.24) is 0 Å². The molecule has 34 heavy (non-hydrogen) atoms. The van der Waals surface area contributed by atoms with Gasteiger partial charge in [-0.15, -0.1) is 0 Å². The van der Waals surface area contributed by atoms with Crippen LogP contribution in [-0.4, -0.2) is 45.8 Å². The molecule has 3 saturated carbocycles. The molecular weight excluding hydrogens is 488 g/mol. The summed E-state index contributed by atoms with van der Waals surface area (Å²) in [5, 5.41) is 22.8. The van der Waals surface area contributed by atoms with Crippen LogP contribution in [0.2, 0.25) is 0 Å². The zero-order chi connectivity index (χ0) is 23.9. The number of halogens is 1. The molecule has 0 aromatic rings. The Hall–Kier alpha value is 0.780. The fourth-order valence-electron chi connectivity index (χ4n) is 7.39. The molecule has 0 aromatic heterocycles. The van der Waals surface area contributed by atoms with Crippen molar-refractivity contribution in [3.8, 4) is 0 Å². The fraction of sp³-hybridized carbons (Fsp3) is 0.727. The number of ketones is 2. The molecule has 178 valence electrons. The number of fused-ring (bicyclic) bond motifs is 5. The number of hydrogen-bond acceptors (Lipinski definition) is 8. The van der Waals surface area contributed by atoms with Crippen molar-refractivity contribution < 1.29 is 102 Å². The molecule has 4 aliphatic carbocycles. The maximum absolute atomic E-state index is 17.0. The number of rotatable bonds is 4. The molecule has 0 spiro atoms. The Bertz CT molecular complexity index is 984. The summed E-state index contributed by atoms with van der Waals surface area (Å²) in [5.74, 6) is -3.06. The minimum Gasteiger partial charge on any atom is -0.790 e. The van der Waals surface area contributed by atoms with Crippen LogP contribution in [-0.2, 0) is 18.7 Å². The van der Waals surface area contributed by atoms with E-state index in [0.29, 0.717) is 18.4 Å². The summed E-state index contributed by atoms with van der Waals surface area (Å²) >= 11 is 0.